The predicted molar refractivity (Wildman–Crippen MR) is 302 cm³/mol. The van der Waals surface area contributed by atoms with Crippen LogP contribution < -0.4 is 53.6 Å². The van der Waals surface area contributed by atoms with Gasteiger partial charge in [-0.15, -0.1) is 0 Å². The molecule has 83 heavy (non-hydrogen) atoms. The second-order valence-corrected chi connectivity index (χ2v) is 23.7. The Labute approximate surface area is 486 Å². The topological polar surface area (TPSA) is 427 Å². The van der Waals surface area contributed by atoms with Gasteiger partial charge >= 0.3 is 5.97 Å². The molecule has 28 heteroatoms. The first-order valence-corrected chi connectivity index (χ1v) is 28.9. The van der Waals surface area contributed by atoms with Crippen molar-refractivity contribution in [3.05, 3.63) is 0 Å². The maximum absolute atomic E-state index is 14.4. The van der Waals surface area contributed by atoms with Crippen LogP contribution >= 0.6 is 0 Å². The normalized spacial score (nSPS) is 19.3. The highest BCUT2D eigenvalue weighted by molar-refractivity contribution is 5.99. The van der Waals surface area contributed by atoms with Gasteiger partial charge in [0.1, 0.15) is 60.4 Å². The second-order valence-electron chi connectivity index (χ2n) is 23.7. The number of rotatable bonds is 33. The highest BCUT2D eigenvalue weighted by Crippen LogP contribution is 2.23. The van der Waals surface area contributed by atoms with E-state index in [1.54, 1.807) is 83.1 Å². The summed E-state index contributed by atoms with van der Waals surface area (Å²) in [5, 5.41) is 62.0. The van der Waals surface area contributed by atoms with Crippen LogP contribution in [-0.2, 0) is 57.5 Å². The van der Waals surface area contributed by atoms with E-state index in [9.17, 15) is 78.0 Å². The minimum Gasteiger partial charge on any atom is -0.480 e. The lowest BCUT2D eigenvalue weighted by Gasteiger charge is -2.32. The number of nitrogens with one attached hydrogen (secondary N) is 9. The molecule has 472 valence electrons. The van der Waals surface area contributed by atoms with Crippen LogP contribution in [0, 0.1) is 35.5 Å². The molecule has 11 amide bonds. The molecule has 0 aromatic carbocycles. The Morgan fingerprint density at radius 2 is 0.916 bits per heavy atom. The average molecular weight is 1180 g/mol. The van der Waals surface area contributed by atoms with Crippen LogP contribution in [0.1, 0.15) is 135 Å². The molecule has 2 saturated heterocycles. The smallest absolute Gasteiger partial charge is 0.328 e. The van der Waals surface area contributed by atoms with E-state index in [0.29, 0.717) is 19.3 Å². The highest BCUT2D eigenvalue weighted by atomic mass is 16.4. The van der Waals surface area contributed by atoms with Crippen molar-refractivity contribution in [3.8, 4) is 0 Å². The summed E-state index contributed by atoms with van der Waals surface area (Å²) in [6.45, 7) is 19.9. The van der Waals surface area contributed by atoms with Gasteiger partial charge in [-0.3, -0.25) is 52.7 Å². The molecule has 0 aromatic heterocycles. The number of carboxylic acid groups (broad SMARTS) is 1. The quantitative estimate of drug-likeness (QED) is 0.0309. The lowest BCUT2D eigenvalue weighted by molar-refractivity contribution is -0.144. The summed E-state index contributed by atoms with van der Waals surface area (Å²) >= 11 is 0. The van der Waals surface area contributed by atoms with Gasteiger partial charge in [-0.05, 0) is 81.0 Å². The van der Waals surface area contributed by atoms with Crippen LogP contribution in [0.5, 0.6) is 0 Å². The van der Waals surface area contributed by atoms with E-state index in [1.165, 1.54) is 16.7 Å². The van der Waals surface area contributed by atoms with Gasteiger partial charge in [0.05, 0.1) is 31.9 Å². The highest BCUT2D eigenvalue weighted by Gasteiger charge is 2.42. The van der Waals surface area contributed by atoms with Crippen molar-refractivity contribution in [2.24, 2.45) is 41.2 Å². The van der Waals surface area contributed by atoms with Crippen molar-refractivity contribution in [2.45, 2.75) is 208 Å². The Morgan fingerprint density at radius 3 is 1.39 bits per heavy atom. The zero-order chi connectivity index (χ0) is 63.3. The molecular weight excluding hydrogens is 1080 g/mol. The van der Waals surface area contributed by atoms with Crippen molar-refractivity contribution >= 4 is 70.9 Å². The van der Waals surface area contributed by atoms with Crippen molar-refractivity contribution in [1.82, 2.24) is 57.7 Å². The number of likely N-dealkylation sites (tertiary alicyclic amines) is 2. The minimum absolute atomic E-state index is 0.0426. The van der Waals surface area contributed by atoms with E-state index in [1.807, 2.05) is 5.32 Å². The van der Waals surface area contributed by atoms with Gasteiger partial charge in [-0.25, -0.2) is 4.79 Å². The maximum atomic E-state index is 14.4. The molecule has 0 saturated carbocycles. The van der Waals surface area contributed by atoms with Crippen LogP contribution in [-0.4, -0.2) is 207 Å². The van der Waals surface area contributed by atoms with Gasteiger partial charge in [0.15, 0.2) is 0 Å². The fourth-order valence-corrected chi connectivity index (χ4v) is 9.53. The Morgan fingerprint density at radius 1 is 0.494 bits per heavy atom. The fraction of sp³-hybridized carbons (Fsp3) is 0.782. The number of hydrogen-bond donors (Lipinski definition) is 14. The number of aliphatic hydroxyl groups is 3. The Balaban J connectivity index is 2.22. The van der Waals surface area contributed by atoms with Crippen LogP contribution in [0.25, 0.3) is 0 Å². The first kappa shape index (κ1) is 72.6. The van der Waals surface area contributed by atoms with Crippen LogP contribution in [0.2, 0.25) is 0 Å². The molecule has 0 radical (unpaired) electrons. The molecular formula is C55H96N12O16. The molecule has 2 aliphatic heterocycles. The number of nitrogens with two attached hydrogens (primary N) is 1. The van der Waals surface area contributed by atoms with Gasteiger partial charge < -0.3 is 83.8 Å². The molecule has 2 fully saturated rings. The number of nitrogens with zero attached hydrogens (tertiary/aromatic N) is 2. The van der Waals surface area contributed by atoms with E-state index in [0.717, 1.165) is 0 Å². The number of carbonyl (C=O) groups is 12. The SMILES string of the molecule is CC[C@H](C)[C@H](NC(=O)[C@@H]1CCCN1C(=O)CNC(=O)[C@@H]1CCCN1C(=O)[C@H](CC(C)C)NC(=O)[C@@H](NC(=O)[C@@H](NC(=O)[C@@H](NC(=O)[C@@H](N)C(C)C)C(C)C)C(C)C)[C@@H](C)O)C(=O)N[C@@H](CC(C)C)C(=O)N[C@@H](CO)C(=O)N[C@@H](CO)C(=O)O. The lowest BCUT2D eigenvalue weighted by atomic mass is 9.96. The second kappa shape index (κ2) is 34.3. The predicted octanol–water partition coefficient (Wildman–Crippen LogP) is -3.15. The van der Waals surface area contributed by atoms with E-state index >= 15 is 0 Å². The van der Waals surface area contributed by atoms with Crippen LogP contribution in [0.15, 0.2) is 0 Å². The standard InChI is InChI=1S/C55H96N12O16/c1-14-31(12)43(52(79)58-33(21-26(2)3)45(72)60-35(24-68)46(73)61-36(25-69)55(82)83)64-48(75)38-18-15-19-66(38)39(71)23-57-47(74)37-17-16-20-67(37)54(81)34(22-27(4)5)59-53(80)44(32(13)70)65-51(78)42(30(10)11)63-50(77)41(29(8)9)62-49(76)40(56)28(6)7/h26-38,40-44,68-70H,14-25,56H2,1-13H3,(H,57,74)(H,58,79)(H,59,80)(H,60,72)(H,61,73)(H,62,76)(H,63,77)(H,64,75)(H,65,78)(H,82,83)/t31-,32+,33-,34-,35-,36-,37-,38-,40-,41-,42-,43-,44-/m0/s1. The van der Waals surface area contributed by atoms with Gasteiger partial charge in [0, 0.05) is 13.1 Å². The number of carboxylic acids is 1. The van der Waals surface area contributed by atoms with Crippen LogP contribution in [0.3, 0.4) is 0 Å². The maximum Gasteiger partial charge on any atom is 0.328 e. The molecule has 15 N–H and O–H groups in total. The van der Waals surface area contributed by atoms with E-state index in [4.69, 9.17) is 5.73 Å². The third kappa shape index (κ3) is 21.9. The number of aliphatic hydroxyl groups excluding tert-OH is 3. The summed E-state index contributed by atoms with van der Waals surface area (Å²) in [6, 6.07) is -14.1. The van der Waals surface area contributed by atoms with Gasteiger partial charge in [0.25, 0.3) is 0 Å². The Hall–Kier alpha value is -6.52. The third-order valence-electron chi connectivity index (χ3n) is 14.8. The molecule has 13 atom stereocenters. The van der Waals surface area contributed by atoms with Crippen molar-refractivity contribution < 1.29 is 78.0 Å². The summed E-state index contributed by atoms with van der Waals surface area (Å²) < 4.78 is 0. The molecule has 0 spiro atoms. The molecule has 0 aromatic rings. The summed E-state index contributed by atoms with van der Waals surface area (Å²) in [6.07, 6.45) is 0.220. The largest absolute Gasteiger partial charge is 0.480 e. The monoisotopic (exact) mass is 1180 g/mol. The number of carbonyl (C=O) groups excluding carboxylic acids is 11. The molecule has 2 aliphatic rings. The average Bonchev–Trinajstić information content (AvgIpc) is 4.27. The van der Waals surface area contributed by atoms with E-state index in [-0.39, 0.29) is 56.5 Å². The fourth-order valence-electron chi connectivity index (χ4n) is 9.53. The molecule has 0 bridgehead atoms. The Kier molecular flexibility index (Phi) is 30.0. The van der Waals surface area contributed by atoms with Gasteiger partial charge in [-0.2, -0.15) is 0 Å². The molecule has 0 unspecified atom stereocenters. The minimum atomic E-state index is -1.72. The van der Waals surface area contributed by atoms with Crippen molar-refractivity contribution in [2.75, 3.05) is 32.8 Å². The number of aliphatic carboxylic acids is 1. The first-order chi connectivity index (χ1) is 38.7. The number of hydrogen-bond acceptors (Lipinski definition) is 16. The third-order valence-corrected chi connectivity index (χ3v) is 14.8. The summed E-state index contributed by atoms with van der Waals surface area (Å²) in [7, 11) is 0. The zero-order valence-electron chi connectivity index (χ0n) is 50.5. The van der Waals surface area contributed by atoms with Crippen LogP contribution in [0.4, 0.5) is 0 Å². The first-order valence-electron chi connectivity index (χ1n) is 28.9. The van der Waals surface area contributed by atoms with Gasteiger partial charge in [0.2, 0.25) is 65.0 Å². The molecule has 2 rings (SSSR count). The van der Waals surface area contributed by atoms with Gasteiger partial charge in [-0.1, -0.05) is 89.5 Å². The summed E-state index contributed by atoms with van der Waals surface area (Å²) in [5.74, 6) is -12.0. The molecule has 2 heterocycles. The van der Waals surface area contributed by atoms with Crippen molar-refractivity contribution in [3.63, 3.8) is 0 Å². The van der Waals surface area contributed by atoms with E-state index < -0.39 is 181 Å². The lowest BCUT2D eigenvalue weighted by Crippen LogP contribution is -2.62. The summed E-state index contributed by atoms with van der Waals surface area (Å²) in [5.41, 5.74) is 6.01. The Bertz CT molecular complexity index is 2260. The summed E-state index contributed by atoms with van der Waals surface area (Å²) in [4.78, 5) is 164. The molecule has 28 nitrogen and oxygen atoms in total. The molecule has 0 aliphatic carbocycles. The van der Waals surface area contributed by atoms with E-state index in [2.05, 4.69) is 42.5 Å². The number of amides is 11. The van der Waals surface area contributed by atoms with Crippen molar-refractivity contribution in [1.29, 1.82) is 0 Å². The zero-order valence-corrected chi connectivity index (χ0v) is 50.5.